The van der Waals surface area contributed by atoms with Gasteiger partial charge >= 0.3 is 0 Å². The van der Waals surface area contributed by atoms with E-state index in [0.29, 0.717) is 6.42 Å². The molecule has 2 rings (SSSR count). The zero-order chi connectivity index (χ0) is 14.9. The summed E-state index contributed by atoms with van der Waals surface area (Å²) in [6.45, 7) is 0. The van der Waals surface area contributed by atoms with E-state index in [4.69, 9.17) is 0 Å². The maximum atomic E-state index is 11.7. The summed E-state index contributed by atoms with van der Waals surface area (Å²) in [7, 11) is 0. The standard InChI is InChI=1S/C15H22N4O2/c20-14(8-4-7-12-5-2-1-3-6-12)18-19-15(21)13-11-16-9-10-17-13/h9-12H,1-8H2,(H,18,20)(H,19,21). The number of rotatable bonds is 5. The fourth-order valence-electron chi connectivity index (χ4n) is 2.70. The van der Waals surface area contributed by atoms with Gasteiger partial charge in [0.1, 0.15) is 5.69 Å². The lowest BCUT2D eigenvalue weighted by atomic mass is 9.86. The first-order valence-corrected chi connectivity index (χ1v) is 7.61. The van der Waals surface area contributed by atoms with Crippen LogP contribution in [0.15, 0.2) is 18.6 Å². The third-order valence-electron chi connectivity index (χ3n) is 3.85. The molecule has 1 aromatic rings. The monoisotopic (exact) mass is 290 g/mol. The maximum absolute atomic E-state index is 11.7. The molecule has 0 aliphatic heterocycles. The van der Waals surface area contributed by atoms with Crippen LogP contribution in [-0.2, 0) is 4.79 Å². The second-order valence-corrected chi connectivity index (χ2v) is 5.49. The van der Waals surface area contributed by atoms with Gasteiger partial charge in [-0.1, -0.05) is 32.1 Å². The molecular formula is C15H22N4O2. The number of nitrogens with one attached hydrogen (secondary N) is 2. The average Bonchev–Trinajstić information content (AvgIpc) is 2.54. The van der Waals surface area contributed by atoms with Crippen molar-refractivity contribution in [3.05, 3.63) is 24.3 Å². The average molecular weight is 290 g/mol. The second-order valence-electron chi connectivity index (χ2n) is 5.49. The molecule has 0 bridgehead atoms. The number of hydrogen-bond donors (Lipinski definition) is 2. The topological polar surface area (TPSA) is 84.0 Å². The molecule has 0 unspecified atom stereocenters. The van der Waals surface area contributed by atoms with Gasteiger partial charge in [0.05, 0.1) is 6.20 Å². The molecule has 2 N–H and O–H groups in total. The van der Waals surface area contributed by atoms with Gasteiger partial charge in [-0.05, 0) is 18.8 Å². The summed E-state index contributed by atoms with van der Waals surface area (Å²) in [6.07, 6.45) is 13.3. The van der Waals surface area contributed by atoms with Crippen molar-refractivity contribution in [2.45, 2.75) is 51.4 Å². The Bertz CT molecular complexity index is 458. The molecule has 0 spiro atoms. The van der Waals surface area contributed by atoms with E-state index in [2.05, 4.69) is 20.8 Å². The lowest BCUT2D eigenvalue weighted by Gasteiger charge is -2.21. The number of hydrazine groups is 1. The highest BCUT2D eigenvalue weighted by atomic mass is 16.2. The molecule has 114 valence electrons. The van der Waals surface area contributed by atoms with Crippen molar-refractivity contribution in [3.63, 3.8) is 0 Å². The quantitative estimate of drug-likeness (QED) is 0.812. The van der Waals surface area contributed by atoms with Gasteiger partial charge in [0.2, 0.25) is 5.91 Å². The molecule has 6 heteroatoms. The van der Waals surface area contributed by atoms with Crippen LogP contribution in [-0.4, -0.2) is 21.8 Å². The van der Waals surface area contributed by atoms with Crippen LogP contribution < -0.4 is 10.9 Å². The van der Waals surface area contributed by atoms with E-state index in [0.717, 1.165) is 18.8 Å². The van der Waals surface area contributed by atoms with Gasteiger partial charge in [-0.2, -0.15) is 0 Å². The van der Waals surface area contributed by atoms with Crippen molar-refractivity contribution in [2.75, 3.05) is 0 Å². The van der Waals surface area contributed by atoms with Crippen molar-refractivity contribution >= 4 is 11.8 Å². The Balaban J connectivity index is 1.60. The van der Waals surface area contributed by atoms with Crippen LogP contribution in [0.5, 0.6) is 0 Å². The normalized spacial score (nSPS) is 15.4. The van der Waals surface area contributed by atoms with Gasteiger partial charge in [-0.3, -0.25) is 25.4 Å². The van der Waals surface area contributed by atoms with Crippen molar-refractivity contribution in [1.82, 2.24) is 20.8 Å². The molecule has 1 heterocycles. The molecule has 6 nitrogen and oxygen atoms in total. The molecule has 1 aromatic heterocycles. The van der Waals surface area contributed by atoms with Gasteiger partial charge in [-0.25, -0.2) is 4.98 Å². The Morgan fingerprint density at radius 1 is 1.14 bits per heavy atom. The first-order chi connectivity index (χ1) is 10.3. The molecule has 1 fully saturated rings. The Hall–Kier alpha value is -1.98. The van der Waals surface area contributed by atoms with E-state index in [1.165, 1.54) is 50.7 Å². The minimum atomic E-state index is -0.455. The third-order valence-corrected chi connectivity index (χ3v) is 3.85. The van der Waals surface area contributed by atoms with Crippen LogP contribution in [0, 0.1) is 5.92 Å². The van der Waals surface area contributed by atoms with Gasteiger partial charge in [0, 0.05) is 18.8 Å². The van der Waals surface area contributed by atoms with Gasteiger partial charge in [-0.15, -0.1) is 0 Å². The summed E-state index contributed by atoms with van der Waals surface area (Å²) < 4.78 is 0. The number of nitrogens with zero attached hydrogens (tertiary/aromatic N) is 2. The summed E-state index contributed by atoms with van der Waals surface area (Å²) in [5, 5.41) is 0. The largest absolute Gasteiger partial charge is 0.289 e. The molecule has 0 radical (unpaired) electrons. The van der Waals surface area contributed by atoms with Crippen LogP contribution in [0.2, 0.25) is 0 Å². The molecule has 0 atom stereocenters. The fraction of sp³-hybridized carbons (Fsp3) is 0.600. The van der Waals surface area contributed by atoms with E-state index < -0.39 is 5.91 Å². The van der Waals surface area contributed by atoms with E-state index in [1.807, 2.05) is 0 Å². The molecule has 0 aromatic carbocycles. The lowest BCUT2D eigenvalue weighted by Crippen LogP contribution is -2.41. The van der Waals surface area contributed by atoms with Crippen molar-refractivity contribution in [3.8, 4) is 0 Å². The summed E-state index contributed by atoms with van der Waals surface area (Å²) >= 11 is 0. The number of carbonyl (C=O) groups excluding carboxylic acids is 2. The Morgan fingerprint density at radius 2 is 1.95 bits per heavy atom. The van der Waals surface area contributed by atoms with Gasteiger partial charge in [0.25, 0.3) is 5.91 Å². The van der Waals surface area contributed by atoms with Gasteiger partial charge < -0.3 is 0 Å². The smallest absolute Gasteiger partial charge is 0.273 e. The van der Waals surface area contributed by atoms with Crippen LogP contribution in [0.4, 0.5) is 0 Å². The Labute approximate surface area is 124 Å². The fourth-order valence-corrected chi connectivity index (χ4v) is 2.70. The van der Waals surface area contributed by atoms with Crippen molar-refractivity contribution < 1.29 is 9.59 Å². The minimum Gasteiger partial charge on any atom is -0.273 e. The van der Waals surface area contributed by atoms with E-state index >= 15 is 0 Å². The predicted octanol–water partition coefficient (Wildman–Crippen LogP) is 1.99. The van der Waals surface area contributed by atoms with E-state index in [-0.39, 0.29) is 11.6 Å². The predicted molar refractivity (Wildman–Crippen MR) is 78.1 cm³/mol. The molecule has 1 aliphatic rings. The zero-order valence-electron chi connectivity index (χ0n) is 12.2. The van der Waals surface area contributed by atoms with E-state index in [1.54, 1.807) is 0 Å². The zero-order valence-corrected chi connectivity index (χ0v) is 12.2. The second kappa shape index (κ2) is 8.34. The maximum Gasteiger partial charge on any atom is 0.289 e. The molecule has 21 heavy (non-hydrogen) atoms. The molecule has 1 saturated carbocycles. The molecule has 0 saturated heterocycles. The van der Waals surface area contributed by atoms with Crippen molar-refractivity contribution in [1.29, 1.82) is 0 Å². The Kier molecular flexibility index (Phi) is 6.12. The third kappa shape index (κ3) is 5.49. The highest BCUT2D eigenvalue weighted by Gasteiger charge is 2.14. The summed E-state index contributed by atoms with van der Waals surface area (Å²) in [5.74, 6) is 0.160. The molecule has 1 aliphatic carbocycles. The molecular weight excluding hydrogens is 268 g/mol. The first kappa shape index (κ1) is 15.4. The number of amides is 2. The van der Waals surface area contributed by atoms with Crippen LogP contribution in [0.25, 0.3) is 0 Å². The highest BCUT2D eigenvalue weighted by molar-refractivity contribution is 5.93. The summed E-state index contributed by atoms with van der Waals surface area (Å²) in [5.41, 5.74) is 4.94. The van der Waals surface area contributed by atoms with Crippen LogP contribution >= 0.6 is 0 Å². The highest BCUT2D eigenvalue weighted by Crippen LogP contribution is 2.27. The summed E-state index contributed by atoms with van der Waals surface area (Å²) in [6, 6.07) is 0. The molecule has 2 amide bonds. The van der Waals surface area contributed by atoms with Gasteiger partial charge in [0.15, 0.2) is 0 Å². The van der Waals surface area contributed by atoms with Crippen LogP contribution in [0.1, 0.15) is 61.9 Å². The lowest BCUT2D eigenvalue weighted by molar-refractivity contribution is -0.122. The summed E-state index contributed by atoms with van der Waals surface area (Å²) in [4.78, 5) is 31.0. The number of carbonyl (C=O) groups is 2. The minimum absolute atomic E-state index is 0.164. The SMILES string of the molecule is O=C(CCCC1CCCCC1)NNC(=O)c1cnccn1. The van der Waals surface area contributed by atoms with E-state index in [9.17, 15) is 9.59 Å². The van der Waals surface area contributed by atoms with Crippen molar-refractivity contribution in [2.24, 2.45) is 5.92 Å². The first-order valence-electron chi connectivity index (χ1n) is 7.61. The Morgan fingerprint density at radius 3 is 2.67 bits per heavy atom. The number of hydrogen-bond acceptors (Lipinski definition) is 4. The number of aromatic nitrogens is 2. The van der Waals surface area contributed by atoms with Crippen LogP contribution in [0.3, 0.4) is 0 Å².